The first-order valence-corrected chi connectivity index (χ1v) is 19.4. The van der Waals surface area contributed by atoms with Crippen LogP contribution in [0.15, 0.2) is 164 Å². The average molecular weight is 569 g/mol. The van der Waals surface area contributed by atoms with Crippen LogP contribution in [0.3, 0.4) is 0 Å². The Kier molecular flexibility index (Phi) is 7.73. The normalized spacial score (nSPS) is 12.6. The van der Waals surface area contributed by atoms with E-state index >= 15 is 0 Å². The molecular formula is C39H38P2. The van der Waals surface area contributed by atoms with Crippen LogP contribution in [0.1, 0.15) is 16.7 Å². The van der Waals surface area contributed by atoms with Crippen molar-refractivity contribution in [1.29, 1.82) is 0 Å². The van der Waals surface area contributed by atoms with Crippen molar-refractivity contribution in [3.05, 3.63) is 180 Å². The summed E-state index contributed by atoms with van der Waals surface area (Å²) in [5.41, 5.74) is 3.86. The molecule has 0 saturated heterocycles. The van der Waals surface area contributed by atoms with Crippen LogP contribution in [0.5, 0.6) is 0 Å². The molecular weight excluding hydrogens is 530 g/mol. The fourth-order valence-electron chi connectivity index (χ4n) is 6.77. The van der Waals surface area contributed by atoms with E-state index in [0.717, 1.165) is 0 Å². The topological polar surface area (TPSA) is 0 Å². The van der Waals surface area contributed by atoms with Crippen molar-refractivity contribution in [1.82, 2.24) is 0 Å². The molecule has 0 amide bonds. The van der Waals surface area contributed by atoms with E-state index in [9.17, 15) is 0 Å². The predicted octanol–water partition coefficient (Wildman–Crippen LogP) is 7.28. The van der Waals surface area contributed by atoms with Crippen LogP contribution in [0, 0.1) is 20.8 Å². The molecule has 0 spiro atoms. The molecule has 0 unspecified atom stereocenters. The molecule has 2 heteroatoms. The van der Waals surface area contributed by atoms with Gasteiger partial charge in [-0.25, -0.2) is 0 Å². The molecule has 0 radical (unpaired) electrons. The van der Waals surface area contributed by atoms with E-state index in [1.807, 2.05) is 0 Å². The van der Waals surface area contributed by atoms with Gasteiger partial charge in [0.1, 0.15) is 0 Å². The van der Waals surface area contributed by atoms with Crippen molar-refractivity contribution in [3.8, 4) is 0 Å². The van der Waals surface area contributed by atoms with E-state index in [1.165, 1.54) is 48.5 Å². The fraction of sp³-hybridized carbons (Fsp3) is 0.0769. The van der Waals surface area contributed by atoms with Gasteiger partial charge in [0.05, 0.1) is 0 Å². The van der Waals surface area contributed by atoms with Crippen molar-refractivity contribution in [2.75, 3.05) is 0 Å². The van der Waals surface area contributed by atoms with Gasteiger partial charge in [-0.1, -0.05) is 0 Å². The van der Waals surface area contributed by atoms with Crippen molar-refractivity contribution in [2.45, 2.75) is 20.8 Å². The summed E-state index contributed by atoms with van der Waals surface area (Å²) in [5, 5.41) is 8.72. The standard InChI is InChI=1S/C39H38P2/c1-31-19-25-37(26-20-31)41(38-27-21-32(2)22-28-38,39-29-23-33(3)24-30-39)40(34-13-7-4-8-14-34,35-15-9-5-10-16-35)36-17-11-6-12-18-36/h4-30,40-41H,1-3H3. The van der Waals surface area contributed by atoms with Crippen LogP contribution in [-0.2, 0) is 0 Å². The van der Waals surface area contributed by atoms with Gasteiger partial charge in [0.25, 0.3) is 0 Å². The summed E-state index contributed by atoms with van der Waals surface area (Å²) in [6, 6.07) is 62.9. The second-order valence-corrected chi connectivity index (χ2v) is 22.2. The summed E-state index contributed by atoms with van der Waals surface area (Å²) >= 11 is 0. The van der Waals surface area contributed by atoms with Gasteiger partial charge in [0, 0.05) is 0 Å². The Morgan fingerprint density at radius 2 is 0.439 bits per heavy atom. The molecule has 6 aromatic carbocycles. The van der Waals surface area contributed by atoms with E-state index in [4.69, 9.17) is 0 Å². The molecule has 0 bridgehead atoms. The van der Waals surface area contributed by atoms with E-state index in [0.29, 0.717) is 0 Å². The zero-order chi connectivity index (χ0) is 28.3. The van der Waals surface area contributed by atoms with Gasteiger partial charge in [-0.3, -0.25) is 0 Å². The monoisotopic (exact) mass is 568 g/mol. The van der Waals surface area contributed by atoms with Crippen LogP contribution < -0.4 is 31.8 Å². The zero-order valence-electron chi connectivity index (χ0n) is 24.1. The Morgan fingerprint density at radius 3 is 0.659 bits per heavy atom. The van der Waals surface area contributed by atoms with E-state index in [2.05, 4.69) is 185 Å². The van der Waals surface area contributed by atoms with Gasteiger partial charge in [0.2, 0.25) is 0 Å². The summed E-state index contributed by atoms with van der Waals surface area (Å²) < 4.78 is 0. The van der Waals surface area contributed by atoms with E-state index in [-0.39, 0.29) is 0 Å². The Labute approximate surface area is 246 Å². The molecule has 6 aromatic rings. The van der Waals surface area contributed by atoms with Crippen molar-refractivity contribution in [3.63, 3.8) is 0 Å². The molecule has 0 aliphatic heterocycles. The molecule has 0 aromatic heterocycles. The van der Waals surface area contributed by atoms with E-state index in [1.54, 1.807) is 0 Å². The van der Waals surface area contributed by atoms with Crippen LogP contribution >= 0.6 is 13.9 Å². The zero-order valence-corrected chi connectivity index (χ0v) is 26.1. The Morgan fingerprint density at radius 1 is 0.244 bits per heavy atom. The van der Waals surface area contributed by atoms with Gasteiger partial charge >= 0.3 is 247 Å². The number of hydrogen-bond donors (Lipinski definition) is 0. The summed E-state index contributed by atoms with van der Waals surface area (Å²) in [4.78, 5) is 0. The van der Waals surface area contributed by atoms with Crippen LogP contribution in [0.2, 0.25) is 0 Å². The number of aryl methyl sites for hydroxylation is 3. The maximum absolute atomic E-state index is 2.86. The van der Waals surface area contributed by atoms with Gasteiger partial charge < -0.3 is 0 Å². The molecule has 0 aliphatic carbocycles. The summed E-state index contributed by atoms with van der Waals surface area (Å²) in [6.07, 6.45) is 0. The quantitative estimate of drug-likeness (QED) is 0.178. The molecule has 0 N–H and O–H groups in total. The predicted molar refractivity (Wildman–Crippen MR) is 187 cm³/mol. The van der Waals surface area contributed by atoms with E-state index < -0.39 is 13.9 Å². The third-order valence-electron chi connectivity index (χ3n) is 8.64. The fourth-order valence-corrected chi connectivity index (χ4v) is 26.2. The first kappa shape index (κ1) is 27.4. The van der Waals surface area contributed by atoms with Crippen LogP contribution in [0.25, 0.3) is 0 Å². The van der Waals surface area contributed by atoms with Crippen LogP contribution in [0.4, 0.5) is 0 Å². The SMILES string of the molecule is Cc1ccc([PH](c2ccc(C)cc2)(c2ccc(C)cc2)[PH](c2ccccc2)(c2ccccc2)c2ccccc2)cc1. The van der Waals surface area contributed by atoms with Crippen LogP contribution in [-0.4, -0.2) is 0 Å². The minimum absolute atomic E-state index is 1.29. The molecule has 0 heterocycles. The molecule has 0 aliphatic rings. The van der Waals surface area contributed by atoms with Gasteiger partial charge in [-0.05, 0) is 0 Å². The summed E-state index contributed by atoms with van der Waals surface area (Å²) in [6.45, 7) is 0.891. The minimum atomic E-state index is -2.86. The molecule has 0 nitrogen and oxygen atoms in total. The van der Waals surface area contributed by atoms with Gasteiger partial charge in [-0.15, -0.1) is 0 Å². The van der Waals surface area contributed by atoms with Gasteiger partial charge in [0.15, 0.2) is 0 Å². The molecule has 204 valence electrons. The van der Waals surface area contributed by atoms with Crippen molar-refractivity contribution in [2.24, 2.45) is 0 Å². The number of hydrogen-bond acceptors (Lipinski definition) is 0. The average Bonchev–Trinajstić information content (AvgIpc) is 3.03. The third-order valence-corrected chi connectivity index (χ3v) is 25.5. The molecule has 41 heavy (non-hydrogen) atoms. The third kappa shape index (κ3) is 4.67. The summed E-state index contributed by atoms with van der Waals surface area (Å²) in [7, 11) is 0. The first-order chi connectivity index (χ1) is 20.1. The number of rotatable bonds is 7. The summed E-state index contributed by atoms with van der Waals surface area (Å²) in [5.74, 6) is 0. The second-order valence-electron chi connectivity index (χ2n) is 11.2. The second kappa shape index (κ2) is 11.6. The first-order valence-electron chi connectivity index (χ1n) is 14.4. The Bertz CT molecular complexity index is 1500. The number of benzene rings is 6. The molecule has 6 rings (SSSR count). The molecule has 0 atom stereocenters. The van der Waals surface area contributed by atoms with Crippen molar-refractivity contribution >= 4 is 45.7 Å². The maximum atomic E-state index is 2.44. The molecule has 0 fully saturated rings. The van der Waals surface area contributed by atoms with Gasteiger partial charge in [-0.2, -0.15) is 0 Å². The molecule has 0 saturated carbocycles. The Balaban J connectivity index is 1.93. The van der Waals surface area contributed by atoms with Crippen molar-refractivity contribution < 1.29 is 0 Å². The Hall–Kier alpha value is -3.82.